The Bertz CT molecular complexity index is 3180. The lowest BCUT2D eigenvalue weighted by Gasteiger charge is -2.26. The molecule has 0 atom stereocenters. The van der Waals surface area contributed by atoms with Crippen molar-refractivity contribution in [1.82, 2.24) is 13.7 Å². The Morgan fingerprint density at radius 3 is 1.25 bits per heavy atom. The number of nitrogens with zero attached hydrogens (tertiary/aromatic N) is 4. The van der Waals surface area contributed by atoms with E-state index in [1.807, 2.05) is 19.1 Å². The second kappa shape index (κ2) is 13.8. The minimum absolute atomic E-state index is 0.812. The van der Waals surface area contributed by atoms with Gasteiger partial charge in [-0.1, -0.05) is 96.9 Å². The van der Waals surface area contributed by atoms with Crippen molar-refractivity contribution in [3.05, 3.63) is 211 Å². The second-order valence-corrected chi connectivity index (χ2v) is 14.7. The molecular formula is C55H36N4. The molecule has 0 aliphatic rings. The molecule has 0 saturated heterocycles. The van der Waals surface area contributed by atoms with E-state index < -0.39 is 0 Å². The summed E-state index contributed by atoms with van der Waals surface area (Å²) in [6.45, 7) is 2.01. The number of benzene rings is 7. The molecule has 0 aliphatic heterocycles. The van der Waals surface area contributed by atoms with E-state index in [0.717, 1.165) is 56.3 Å². The largest absolute Gasteiger partial charge is 0.310 e. The molecule has 0 saturated carbocycles. The monoisotopic (exact) mass is 752 g/mol. The van der Waals surface area contributed by atoms with Crippen LogP contribution in [0.4, 0.5) is 17.1 Å². The highest BCUT2D eigenvalue weighted by Gasteiger charge is 2.19. The van der Waals surface area contributed by atoms with Crippen LogP contribution < -0.4 is 4.90 Å². The van der Waals surface area contributed by atoms with Crippen LogP contribution in [-0.2, 0) is 0 Å². The van der Waals surface area contributed by atoms with E-state index >= 15 is 0 Å². The van der Waals surface area contributed by atoms with Crippen LogP contribution in [0.2, 0.25) is 0 Å². The Balaban J connectivity index is 1.05. The van der Waals surface area contributed by atoms with Gasteiger partial charge in [-0.2, -0.15) is 0 Å². The van der Waals surface area contributed by atoms with Gasteiger partial charge in [-0.3, -0.25) is 0 Å². The maximum Gasteiger partial charge on any atom is 0.0667 e. The fraction of sp³-hybridized carbons (Fsp3) is 0.0182. The summed E-state index contributed by atoms with van der Waals surface area (Å²) in [6, 6.07) is 71.4. The third-order valence-corrected chi connectivity index (χ3v) is 11.5. The quantitative estimate of drug-likeness (QED) is 0.148. The number of allylic oxidation sites excluding steroid dienone is 1. The van der Waals surface area contributed by atoms with Gasteiger partial charge in [-0.05, 0) is 122 Å². The molecule has 59 heavy (non-hydrogen) atoms. The Morgan fingerprint density at radius 1 is 0.475 bits per heavy atom. The molecule has 11 aromatic rings. The van der Waals surface area contributed by atoms with Gasteiger partial charge in [0.15, 0.2) is 0 Å². The van der Waals surface area contributed by atoms with Gasteiger partial charge in [0.25, 0.3) is 0 Å². The molecule has 0 unspecified atom stereocenters. The lowest BCUT2D eigenvalue weighted by Crippen LogP contribution is -2.10. The normalized spacial score (nSPS) is 11.6. The van der Waals surface area contributed by atoms with Crippen molar-refractivity contribution < 1.29 is 0 Å². The molecule has 0 aliphatic carbocycles. The molecule has 4 heteroatoms. The molecule has 0 spiro atoms. The summed E-state index contributed by atoms with van der Waals surface area (Å²) < 4.78 is 6.93. The molecule has 3 aromatic heterocycles. The molecule has 8 aromatic carbocycles. The molecule has 0 amide bonds. The van der Waals surface area contributed by atoms with E-state index in [-0.39, 0.29) is 0 Å². The lowest BCUT2D eigenvalue weighted by molar-refractivity contribution is 1.10. The van der Waals surface area contributed by atoms with Gasteiger partial charge in [0.05, 0.1) is 44.2 Å². The van der Waals surface area contributed by atoms with Crippen molar-refractivity contribution >= 4 is 77.7 Å². The standard InChI is InChI=1S/C55H36N4/c1-3-15-50-44(4-2)45-16-5-10-21-51(45)57(50)41-32-26-38(27-33-41)56(39-28-34-42(35-29-39)58-52-22-11-6-17-46(52)47-18-7-12-23-53(47)58)40-30-36-43(37-31-40)59-54-24-13-8-19-48(54)49-20-9-14-25-55(49)59/h2-3,6-15,17-37H,1H3/b15-3-. The Morgan fingerprint density at radius 2 is 0.864 bits per heavy atom. The number of terminal acetylenes is 1. The SMILES string of the molecule is C#Cc1c(/C=C\C)n(-c2ccc(N(c3ccc(-n4c5ccccc5c5ccccc54)cc3)c3ccc(-n4c5ccccc5c5ccccc54)cc3)cc2)c2ccc#cc12. The number of rotatable bonds is 7. The summed E-state index contributed by atoms with van der Waals surface area (Å²) in [4.78, 5) is 2.32. The molecule has 0 bridgehead atoms. The summed E-state index contributed by atoms with van der Waals surface area (Å²) >= 11 is 0. The van der Waals surface area contributed by atoms with Gasteiger partial charge in [0.1, 0.15) is 0 Å². The van der Waals surface area contributed by atoms with Gasteiger partial charge in [-0.15, -0.1) is 6.42 Å². The zero-order valence-corrected chi connectivity index (χ0v) is 32.3. The zero-order chi connectivity index (χ0) is 39.5. The van der Waals surface area contributed by atoms with Crippen LogP contribution >= 0.6 is 0 Å². The second-order valence-electron chi connectivity index (χ2n) is 14.7. The van der Waals surface area contributed by atoms with Gasteiger partial charge >= 0.3 is 0 Å². The highest BCUT2D eigenvalue weighted by molar-refractivity contribution is 6.10. The summed E-state index contributed by atoms with van der Waals surface area (Å²) in [5, 5.41) is 5.87. The van der Waals surface area contributed by atoms with E-state index in [1.54, 1.807) is 0 Å². The molecule has 0 N–H and O–H groups in total. The number of hydrogen-bond donors (Lipinski definition) is 0. The van der Waals surface area contributed by atoms with E-state index in [1.165, 1.54) is 43.6 Å². The predicted octanol–water partition coefficient (Wildman–Crippen LogP) is 13.9. The maximum absolute atomic E-state index is 6.08. The van der Waals surface area contributed by atoms with E-state index in [4.69, 9.17) is 6.42 Å². The van der Waals surface area contributed by atoms with Crippen molar-refractivity contribution in [3.8, 4) is 29.4 Å². The van der Waals surface area contributed by atoms with E-state index in [0.29, 0.717) is 0 Å². The molecule has 276 valence electrons. The highest BCUT2D eigenvalue weighted by atomic mass is 15.1. The zero-order valence-electron chi connectivity index (χ0n) is 32.3. The van der Waals surface area contributed by atoms with E-state index in [9.17, 15) is 0 Å². The van der Waals surface area contributed by atoms with Crippen LogP contribution in [0.1, 0.15) is 18.2 Å². The predicted molar refractivity (Wildman–Crippen MR) is 247 cm³/mol. The Kier molecular flexibility index (Phi) is 7.97. The molecule has 11 rings (SSSR count). The number of para-hydroxylation sites is 4. The van der Waals surface area contributed by atoms with Crippen molar-refractivity contribution in [2.24, 2.45) is 0 Å². The van der Waals surface area contributed by atoms with Crippen molar-refractivity contribution in [2.75, 3.05) is 4.90 Å². The van der Waals surface area contributed by atoms with Gasteiger partial charge in [0.2, 0.25) is 0 Å². The van der Waals surface area contributed by atoms with Gasteiger partial charge in [0, 0.05) is 55.7 Å². The van der Waals surface area contributed by atoms with Crippen LogP contribution in [0, 0.1) is 24.5 Å². The lowest BCUT2D eigenvalue weighted by atomic mass is 10.1. The summed E-state index contributed by atoms with van der Waals surface area (Å²) in [7, 11) is 0. The van der Waals surface area contributed by atoms with Crippen LogP contribution in [0.25, 0.3) is 77.7 Å². The molecule has 0 radical (unpaired) electrons. The molecular weight excluding hydrogens is 717 g/mol. The summed E-state index contributed by atoms with van der Waals surface area (Å²) in [5.74, 6) is 2.92. The topological polar surface area (TPSA) is 18.0 Å². The fourth-order valence-electron chi connectivity index (χ4n) is 8.97. The fourth-order valence-corrected chi connectivity index (χ4v) is 8.97. The minimum atomic E-state index is 0.812. The van der Waals surface area contributed by atoms with Crippen molar-refractivity contribution in [1.29, 1.82) is 0 Å². The van der Waals surface area contributed by atoms with Crippen molar-refractivity contribution in [3.63, 3.8) is 0 Å². The third kappa shape index (κ3) is 5.36. The van der Waals surface area contributed by atoms with Crippen molar-refractivity contribution in [2.45, 2.75) is 6.92 Å². The highest BCUT2D eigenvalue weighted by Crippen LogP contribution is 2.39. The van der Waals surface area contributed by atoms with Crippen LogP contribution in [-0.4, -0.2) is 13.7 Å². The first-order chi connectivity index (χ1) is 29.2. The average Bonchev–Trinajstić information content (AvgIpc) is 3.93. The van der Waals surface area contributed by atoms with Crippen LogP contribution in [0.15, 0.2) is 188 Å². The van der Waals surface area contributed by atoms with Gasteiger partial charge < -0.3 is 18.6 Å². The minimum Gasteiger partial charge on any atom is -0.310 e. The number of fused-ring (bicyclic) bond motifs is 7. The smallest absolute Gasteiger partial charge is 0.0667 e. The first-order valence-electron chi connectivity index (χ1n) is 19.9. The summed E-state index contributed by atoms with van der Waals surface area (Å²) in [6.07, 6.45) is 10.2. The number of hydrogen-bond acceptors (Lipinski definition) is 1. The third-order valence-electron chi connectivity index (χ3n) is 11.5. The summed E-state index contributed by atoms with van der Waals surface area (Å²) in [5.41, 5.74) is 13.9. The van der Waals surface area contributed by atoms with Crippen LogP contribution in [0.3, 0.4) is 0 Å². The Labute approximate surface area is 342 Å². The van der Waals surface area contributed by atoms with E-state index in [2.05, 4.69) is 219 Å². The average molecular weight is 753 g/mol. The molecule has 0 fully saturated rings. The number of aromatic nitrogens is 3. The Hall–Kier alpha value is -8.18. The molecule has 3 heterocycles. The van der Waals surface area contributed by atoms with Crippen LogP contribution in [0.5, 0.6) is 0 Å². The molecule has 4 nitrogen and oxygen atoms in total. The number of anilines is 3. The van der Waals surface area contributed by atoms with Gasteiger partial charge in [-0.25, -0.2) is 0 Å². The first-order valence-corrected chi connectivity index (χ1v) is 19.9. The maximum atomic E-state index is 6.08. The first kappa shape index (κ1) is 34.1.